The molecule has 23 heavy (non-hydrogen) atoms. The summed E-state index contributed by atoms with van der Waals surface area (Å²) < 4.78 is 18.0. The van der Waals surface area contributed by atoms with Crippen LogP contribution < -0.4 is 0 Å². The summed E-state index contributed by atoms with van der Waals surface area (Å²) in [5.74, 6) is 0. The first-order valence-corrected chi connectivity index (χ1v) is 8.64. The second kappa shape index (κ2) is 6.89. The van der Waals surface area contributed by atoms with Gasteiger partial charge in [-0.15, -0.1) is 0 Å². The molecule has 3 nitrogen and oxygen atoms in total. The van der Waals surface area contributed by atoms with Crippen LogP contribution in [-0.4, -0.2) is 24.3 Å². The highest BCUT2D eigenvalue weighted by atomic mass is 32.2. The fourth-order valence-electron chi connectivity index (χ4n) is 2.74. The molecule has 4 rings (SSSR count). The Morgan fingerprint density at radius 3 is 2.35 bits per heavy atom. The third-order valence-electron chi connectivity index (χ3n) is 3.89. The monoisotopic (exact) mass is 326 g/mol. The lowest BCUT2D eigenvalue weighted by molar-refractivity contribution is -0.257. The van der Waals surface area contributed by atoms with Crippen LogP contribution in [0.1, 0.15) is 11.9 Å². The SMILES string of the molecule is C1=C[C@@H]2O[C@H](c3ccccc3)OC[C@H]2O[C@@H]1Sc1ccccc1. The standard InChI is InChI=1S/C19H18O3S/c1-3-7-14(8-4-1)19-20-13-17-16(22-19)11-12-18(21-17)23-15-9-5-2-6-10-15/h1-12,16-19H,13H2/t16-,17+,18+,19+/m0/s1. The molecule has 1 saturated heterocycles. The van der Waals surface area contributed by atoms with E-state index in [-0.39, 0.29) is 23.9 Å². The van der Waals surface area contributed by atoms with E-state index in [1.807, 2.05) is 48.5 Å². The molecule has 0 unspecified atom stereocenters. The summed E-state index contributed by atoms with van der Waals surface area (Å²) in [5.41, 5.74) is 1.04. The van der Waals surface area contributed by atoms with Gasteiger partial charge in [-0.05, 0) is 18.2 Å². The van der Waals surface area contributed by atoms with Crippen molar-refractivity contribution in [2.24, 2.45) is 0 Å². The van der Waals surface area contributed by atoms with Gasteiger partial charge in [-0.2, -0.15) is 0 Å². The summed E-state index contributed by atoms with van der Waals surface area (Å²) in [6, 6.07) is 20.3. The lowest BCUT2D eigenvalue weighted by Gasteiger charge is -2.38. The van der Waals surface area contributed by atoms with E-state index in [9.17, 15) is 0 Å². The van der Waals surface area contributed by atoms with Crippen molar-refractivity contribution in [1.82, 2.24) is 0 Å². The van der Waals surface area contributed by atoms with E-state index < -0.39 is 0 Å². The van der Waals surface area contributed by atoms with Crippen LogP contribution in [0.3, 0.4) is 0 Å². The number of rotatable bonds is 3. The Hall–Kier alpha value is -1.59. The molecule has 4 atom stereocenters. The summed E-state index contributed by atoms with van der Waals surface area (Å²) in [4.78, 5) is 1.19. The molecule has 2 aliphatic heterocycles. The Bertz CT molecular complexity index is 659. The summed E-state index contributed by atoms with van der Waals surface area (Å²) >= 11 is 1.70. The van der Waals surface area contributed by atoms with Crippen molar-refractivity contribution in [3.8, 4) is 0 Å². The fourth-order valence-corrected chi connectivity index (χ4v) is 3.69. The molecule has 0 spiro atoms. The van der Waals surface area contributed by atoms with E-state index in [2.05, 4.69) is 24.3 Å². The average Bonchev–Trinajstić information content (AvgIpc) is 2.63. The van der Waals surface area contributed by atoms with Crippen molar-refractivity contribution < 1.29 is 14.2 Å². The van der Waals surface area contributed by atoms with Crippen LogP contribution in [0.2, 0.25) is 0 Å². The van der Waals surface area contributed by atoms with Gasteiger partial charge in [0.2, 0.25) is 0 Å². The first-order valence-electron chi connectivity index (χ1n) is 7.76. The summed E-state index contributed by atoms with van der Waals surface area (Å²) in [6.07, 6.45) is 3.76. The number of ether oxygens (including phenoxy) is 3. The number of hydrogen-bond acceptors (Lipinski definition) is 4. The predicted molar refractivity (Wildman–Crippen MR) is 90.1 cm³/mol. The molecule has 2 aliphatic rings. The number of fused-ring (bicyclic) bond motifs is 1. The van der Waals surface area contributed by atoms with Crippen molar-refractivity contribution in [1.29, 1.82) is 0 Å². The Kier molecular flexibility index (Phi) is 4.48. The molecule has 2 aromatic carbocycles. The van der Waals surface area contributed by atoms with Gasteiger partial charge in [0.25, 0.3) is 0 Å². The zero-order valence-corrected chi connectivity index (χ0v) is 13.4. The minimum Gasteiger partial charge on any atom is -0.354 e. The van der Waals surface area contributed by atoms with Crippen LogP contribution in [0.5, 0.6) is 0 Å². The lowest BCUT2D eigenvalue weighted by atomic mass is 10.1. The molecule has 2 heterocycles. The van der Waals surface area contributed by atoms with E-state index in [1.165, 1.54) is 4.90 Å². The largest absolute Gasteiger partial charge is 0.354 e. The highest BCUT2D eigenvalue weighted by Crippen LogP contribution is 2.34. The minimum atomic E-state index is -0.316. The van der Waals surface area contributed by atoms with Gasteiger partial charge in [-0.3, -0.25) is 0 Å². The quantitative estimate of drug-likeness (QED) is 0.791. The van der Waals surface area contributed by atoms with Crippen molar-refractivity contribution in [2.45, 2.75) is 28.8 Å². The van der Waals surface area contributed by atoms with Crippen LogP contribution in [0.25, 0.3) is 0 Å². The van der Waals surface area contributed by atoms with E-state index in [0.717, 1.165) is 5.56 Å². The molecular weight excluding hydrogens is 308 g/mol. The summed E-state index contributed by atoms with van der Waals surface area (Å²) in [5, 5.41) is 0. The van der Waals surface area contributed by atoms with Gasteiger partial charge in [0, 0.05) is 10.5 Å². The van der Waals surface area contributed by atoms with Crippen LogP contribution in [-0.2, 0) is 14.2 Å². The van der Waals surface area contributed by atoms with Gasteiger partial charge in [-0.1, -0.05) is 66.4 Å². The molecule has 1 fully saturated rings. The van der Waals surface area contributed by atoms with Crippen molar-refractivity contribution in [3.05, 3.63) is 78.4 Å². The maximum Gasteiger partial charge on any atom is 0.184 e. The molecular formula is C19H18O3S. The molecule has 2 aromatic rings. The average molecular weight is 326 g/mol. The van der Waals surface area contributed by atoms with E-state index >= 15 is 0 Å². The molecule has 0 aliphatic carbocycles. The van der Waals surface area contributed by atoms with Gasteiger partial charge in [0.1, 0.15) is 17.6 Å². The van der Waals surface area contributed by atoms with Crippen molar-refractivity contribution >= 4 is 11.8 Å². The molecule has 0 N–H and O–H groups in total. The van der Waals surface area contributed by atoms with Gasteiger partial charge in [0.05, 0.1) is 6.61 Å². The van der Waals surface area contributed by atoms with E-state index in [4.69, 9.17) is 14.2 Å². The fraction of sp³-hybridized carbons (Fsp3) is 0.263. The third kappa shape index (κ3) is 3.51. The predicted octanol–water partition coefficient (Wildman–Crippen LogP) is 4.17. The van der Waals surface area contributed by atoms with Gasteiger partial charge >= 0.3 is 0 Å². The van der Waals surface area contributed by atoms with Crippen LogP contribution in [0.15, 0.2) is 77.7 Å². The topological polar surface area (TPSA) is 27.7 Å². The van der Waals surface area contributed by atoms with E-state index in [0.29, 0.717) is 6.61 Å². The smallest absolute Gasteiger partial charge is 0.184 e. The van der Waals surface area contributed by atoms with Gasteiger partial charge in [0.15, 0.2) is 6.29 Å². The zero-order valence-electron chi connectivity index (χ0n) is 12.6. The lowest BCUT2D eigenvalue weighted by Crippen LogP contribution is -2.44. The number of hydrogen-bond donors (Lipinski definition) is 0. The van der Waals surface area contributed by atoms with Crippen molar-refractivity contribution in [3.63, 3.8) is 0 Å². The third-order valence-corrected chi connectivity index (χ3v) is 4.94. The van der Waals surface area contributed by atoms with Gasteiger partial charge in [-0.25, -0.2) is 0 Å². The maximum absolute atomic E-state index is 6.10. The summed E-state index contributed by atoms with van der Waals surface area (Å²) in [6.45, 7) is 0.542. The summed E-state index contributed by atoms with van der Waals surface area (Å²) in [7, 11) is 0. The maximum atomic E-state index is 6.10. The highest BCUT2D eigenvalue weighted by molar-refractivity contribution is 8.00. The normalized spacial score (nSPS) is 29.9. The minimum absolute atomic E-state index is 0.000810. The number of thioether (sulfide) groups is 1. The molecule has 0 bridgehead atoms. The van der Waals surface area contributed by atoms with E-state index in [1.54, 1.807) is 11.8 Å². The molecule has 0 aromatic heterocycles. The first-order chi connectivity index (χ1) is 11.4. The first kappa shape index (κ1) is 15.0. The zero-order chi connectivity index (χ0) is 15.5. The Balaban J connectivity index is 1.41. The molecule has 0 amide bonds. The molecule has 0 saturated carbocycles. The number of benzene rings is 2. The Labute approximate surface area is 140 Å². The van der Waals surface area contributed by atoms with Crippen LogP contribution in [0, 0.1) is 0 Å². The van der Waals surface area contributed by atoms with Crippen LogP contribution >= 0.6 is 11.8 Å². The van der Waals surface area contributed by atoms with Gasteiger partial charge < -0.3 is 14.2 Å². The molecule has 0 radical (unpaired) electrons. The Morgan fingerprint density at radius 2 is 1.57 bits per heavy atom. The van der Waals surface area contributed by atoms with Crippen LogP contribution in [0.4, 0.5) is 0 Å². The molecule has 118 valence electrons. The second-order valence-electron chi connectivity index (χ2n) is 5.54. The highest BCUT2D eigenvalue weighted by Gasteiger charge is 2.35. The second-order valence-corrected chi connectivity index (χ2v) is 6.71. The Morgan fingerprint density at radius 1 is 0.826 bits per heavy atom. The molecule has 4 heteroatoms. The van der Waals surface area contributed by atoms with Crippen molar-refractivity contribution in [2.75, 3.05) is 6.61 Å².